The van der Waals surface area contributed by atoms with Gasteiger partial charge in [0.1, 0.15) is 0 Å². The van der Waals surface area contributed by atoms with Gasteiger partial charge in [-0.25, -0.2) is 0 Å². The number of aliphatic hydroxyl groups excluding tert-OH is 4. The van der Waals surface area contributed by atoms with Crippen LogP contribution >= 0.6 is 0 Å². The summed E-state index contributed by atoms with van der Waals surface area (Å²) >= 11 is 0. The van der Waals surface area contributed by atoms with Gasteiger partial charge in [0.2, 0.25) is 0 Å². The van der Waals surface area contributed by atoms with Gasteiger partial charge in [-0.05, 0) is 85.9 Å². The number of hydrogen-bond acceptors (Lipinski definition) is 4. The van der Waals surface area contributed by atoms with Crippen LogP contribution in [0.3, 0.4) is 0 Å². The summed E-state index contributed by atoms with van der Waals surface area (Å²) in [6.45, 7) is 14.0. The van der Waals surface area contributed by atoms with Crippen molar-refractivity contribution >= 4 is 0 Å². The molecule has 0 aliphatic carbocycles. The molecule has 0 amide bonds. The second kappa shape index (κ2) is 18.2. The fourth-order valence-electron chi connectivity index (χ4n) is 7.04. The zero-order chi connectivity index (χ0) is 25.3. The molecular formula is C29H60O4. The van der Waals surface area contributed by atoms with E-state index in [1.807, 2.05) is 0 Å². The molecule has 200 valence electrons. The molecular weight excluding hydrogens is 412 g/mol. The lowest BCUT2D eigenvalue weighted by Gasteiger charge is -2.46. The summed E-state index contributed by atoms with van der Waals surface area (Å²) in [7, 11) is 0. The third-order valence-electron chi connectivity index (χ3n) is 9.04. The van der Waals surface area contributed by atoms with Crippen LogP contribution in [0.1, 0.15) is 125 Å². The van der Waals surface area contributed by atoms with E-state index >= 15 is 0 Å². The van der Waals surface area contributed by atoms with Gasteiger partial charge in [-0.1, -0.05) is 73.6 Å². The number of aliphatic hydroxyl groups is 4. The maximum absolute atomic E-state index is 10.5. The SMILES string of the molecule is CCCC(CCC)(CCC(CO)CCC(CO)C(CCC)(CCC)C(CC)CO)C(C)CO. The molecule has 0 heterocycles. The largest absolute Gasteiger partial charge is 0.396 e. The van der Waals surface area contributed by atoms with Crippen LogP contribution in [0.2, 0.25) is 0 Å². The van der Waals surface area contributed by atoms with Crippen LogP contribution in [0.25, 0.3) is 0 Å². The van der Waals surface area contributed by atoms with Crippen LogP contribution in [0.5, 0.6) is 0 Å². The lowest BCUT2D eigenvalue weighted by Crippen LogP contribution is -2.42. The first-order chi connectivity index (χ1) is 15.8. The first-order valence-electron chi connectivity index (χ1n) is 14.3. The van der Waals surface area contributed by atoms with Crippen molar-refractivity contribution in [1.82, 2.24) is 0 Å². The maximum Gasteiger partial charge on any atom is 0.0464 e. The highest BCUT2D eigenvalue weighted by molar-refractivity contribution is 4.92. The van der Waals surface area contributed by atoms with E-state index in [1.165, 1.54) is 0 Å². The molecule has 0 saturated carbocycles. The predicted molar refractivity (Wildman–Crippen MR) is 141 cm³/mol. The Morgan fingerprint density at radius 3 is 1.42 bits per heavy atom. The van der Waals surface area contributed by atoms with E-state index in [9.17, 15) is 20.4 Å². The Hall–Kier alpha value is -0.160. The van der Waals surface area contributed by atoms with Crippen LogP contribution in [0.4, 0.5) is 0 Å². The van der Waals surface area contributed by atoms with Crippen LogP contribution in [0, 0.1) is 34.5 Å². The molecule has 0 aromatic rings. The molecule has 4 N–H and O–H groups in total. The molecule has 4 atom stereocenters. The Bertz CT molecular complexity index is 437. The summed E-state index contributed by atoms with van der Waals surface area (Å²) in [5, 5.41) is 40.8. The van der Waals surface area contributed by atoms with Gasteiger partial charge in [-0.15, -0.1) is 0 Å². The van der Waals surface area contributed by atoms with Crippen molar-refractivity contribution in [3.63, 3.8) is 0 Å². The lowest BCUT2D eigenvalue weighted by atomic mass is 9.59. The van der Waals surface area contributed by atoms with E-state index < -0.39 is 0 Å². The Kier molecular flexibility index (Phi) is 18.1. The fraction of sp³-hybridized carbons (Fsp3) is 1.00. The van der Waals surface area contributed by atoms with Crippen LogP contribution in [0.15, 0.2) is 0 Å². The molecule has 0 aliphatic heterocycles. The zero-order valence-electron chi connectivity index (χ0n) is 23.1. The van der Waals surface area contributed by atoms with Crippen molar-refractivity contribution < 1.29 is 20.4 Å². The van der Waals surface area contributed by atoms with Crippen LogP contribution in [-0.4, -0.2) is 46.9 Å². The fourth-order valence-corrected chi connectivity index (χ4v) is 7.04. The van der Waals surface area contributed by atoms with Crippen molar-refractivity contribution in [1.29, 1.82) is 0 Å². The van der Waals surface area contributed by atoms with Crippen molar-refractivity contribution in [3.05, 3.63) is 0 Å². The molecule has 0 rings (SSSR count). The van der Waals surface area contributed by atoms with Crippen molar-refractivity contribution in [2.45, 2.75) is 125 Å². The molecule has 0 radical (unpaired) electrons. The quantitative estimate of drug-likeness (QED) is 0.143. The van der Waals surface area contributed by atoms with Crippen LogP contribution in [-0.2, 0) is 0 Å². The van der Waals surface area contributed by atoms with Gasteiger partial charge in [-0.3, -0.25) is 0 Å². The monoisotopic (exact) mass is 472 g/mol. The Morgan fingerprint density at radius 1 is 0.545 bits per heavy atom. The van der Waals surface area contributed by atoms with E-state index in [-0.39, 0.29) is 60.9 Å². The normalized spacial score (nSPS) is 16.5. The Morgan fingerprint density at radius 2 is 1.06 bits per heavy atom. The Labute approximate surface area is 206 Å². The van der Waals surface area contributed by atoms with Crippen molar-refractivity contribution in [3.8, 4) is 0 Å². The molecule has 0 aromatic heterocycles. The third-order valence-corrected chi connectivity index (χ3v) is 9.04. The second-order valence-corrected chi connectivity index (χ2v) is 11.0. The molecule has 0 bridgehead atoms. The minimum absolute atomic E-state index is 0.0265. The average molecular weight is 473 g/mol. The molecule has 0 aliphatic rings. The third kappa shape index (κ3) is 9.43. The molecule has 0 saturated heterocycles. The van der Waals surface area contributed by atoms with E-state index in [2.05, 4.69) is 41.5 Å². The lowest BCUT2D eigenvalue weighted by molar-refractivity contribution is -0.0245. The van der Waals surface area contributed by atoms with Gasteiger partial charge in [0.05, 0.1) is 0 Å². The molecule has 4 heteroatoms. The second-order valence-electron chi connectivity index (χ2n) is 11.0. The van der Waals surface area contributed by atoms with Gasteiger partial charge >= 0.3 is 0 Å². The van der Waals surface area contributed by atoms with Crippen LogP contribution < -0.4 is 0 Å². The summed E-state index contributed by atoms with van der Waals surface area (Å²) < 4.78 is 0. The number of rotatable bonds is 22. The van der Waals surface area contributed by atoms with Gasteiger partial charge in [0.15, 0.2) is 0 Å². The highest BCUT2D eigenvalue weighted by Crippen LogP contribution is 2.49. The summed E-state index contributed by atoms with van der Waals surface area (Å²) in [5.41, 5.74) is 0.127. The van der Waals surface area contributed by atoms with Crippen molar-refractivity contribution in [2.75, 3.05) is 26.4 Å². The molecule has 4 unspecified atom stereocenters. The van der Waals surface area contributed by atoms with Gasteiger partial charge in [0.25, 0.3) is 0 Å². The summed E-state index contributed by atoms with van der Waals surface area (Å²) in [4.78, 5) is 0. The smallest absolute Gasteiger partial charge is 0.0464 e. The summed E-state index contributed by atoms with van der Waals surface area (Å²) in [5.74, 6) is 0.886. The van der Waals surface area contributed by atoms with E-state index in [0.717, 1.165) is 83.5 Å². The molecule has 4 nitrogen and oxygen atoms in total. The van der Waals surface area contributed by atoms with E-state index in [0.29, 0.717) is 0 Å². The molecule has 33 heavy (non-hydrogen) atoms. The number of hydrogen-bond donors (Lipinski definition) is 4. The molecule has 0 spiro atoms. The Balaban J connectivity index is 5.52. The first kappa shape index (κ1) is 32.8. The summed E-state index contributed by atoms with van der Waals surface area (Å²) in [6.07, 6.45) is 13.5. The standard InChI is InChI=1S/C29H60O4/c1-7-15-28(16-8-2,24(6)20-30)19-14-25(21-31)12-13-27(23-33)29(17-9-3,18-10-4)26(11-5)22-32/h24-27,30-33H,7-23H2,1-6H3. The minimum atomic E-state index is -0.0265. The zero-order valence-corrected chi connectivity index (χ0v) is 23.1. The van der Waals surface area contributed by atoms with Crippen molar-refractivity contribution in [2.24, 2.45) is 34.5 Å². The van der Waals surface area contributed by atoms with E-state index in [1.54, 1.807) is 0 Å². The topological polar surface area (TPSA) is 80.9 Å². The van der Waals surface area contributed by atoms with Gasteiger partial charge < -0.3 is 20.4 Å². The maximum atomic E-state index is 10.5. The van der Waals surface area contributed by atoms with Gasteiger partial charge in [0, 0.05) is 26.4 Å². The predicted octanol–water partition coefficient (Wildman–Crippen LogP) is 6.58. The molecule has 0 fully saturated rings. The van der Waals surface area contributed by atoms with Gasteiger partial charge in [-0.2, -0.15) is 0 Å². The van der Waals surface area contributed by atoms with E-state index in [4.69, 9.17) is 0 Å². The highest BCUT2D eigenvalue weighted by Gasteiger charge is 2.42. The highest BCUT2D eigenvalue weighted by atomic mass is 16.3. The summed E-state index contributed by atoms with van der Waals surface area (Å²) in [6, 6.07) is 0. The average Bonchev–Trinajstić information content (AvgIpc) is 2.81. The molecule has 0 aromatic carbocycles. The minimum Gasteiger partial charge on any atom is -0.396 e. The first-order valence-corrected chi connectivity index (χ1v) is 14.3.